The summed E-state index contributed by atoms with van der Waals surface area (Å²) < 4.78 is 14.0. The Balaban J connectivity index is 1.72. The predicted octanol–water partition coefficient (Wildman–Crippen LogP) is 0.876. The van der Waals surface area contributed by atoms with Crippen molar-refractivity contribution in [1.29, 1.82) is 0 Å². The maximum absolute atomic E-state index is 14.0. The van der Waals surface area contributed by atoms with Crippen LogP contribution in [0.4, 0.5) is 4.39 Å². The van der Waals surface area contributed by atoms with Crippen molar-refractivity contribution in [2.24, 2.45) is 11.1 Å². The molecule has 2 aromatic rings. The number of hydrogen-bond donors (Lipinski definition) is 4. The Labute approximate surface area is 156 Å². The number of halogens is 1. The van der Waals surface area contributed by atoms with Gasteiger partial charge in [0.25, 0.3) is 0 Å². The number of amides is 2. The number of primary amides is 1. The second-order valence-corrected chi connectivity index (χ2v) is 6.95. The topological polar surface area (TPSA) is 104 Å². The van der Waals surface area contributed by atoms with Gasteiger partial charge in [0.05, 0.1) is 5.41 Å². The molecule has 6 nitrogen and oxygen atoms in total. The fourth-order valence-corrected chi connectivity index (χ4v) is 3.20. The van der Waals surface area contributed by atoms with Gasteiger partial charge in [-0.3, -0.25) is 9.59 Å². The highest BCUT2D eigenvalue weighted by Gasteiger charge is 2.45. The van der Waals surface area contributed by atoms with Gasteiger partial charge in [-0.2, -0.15) is 0 Å². The molecule has 1 saturated heterocycles. The minimum absolute atomic E-state index is 0.114. The van der Waals surface area contributed by atoms with Gasteiger partial charge < -0.3 is 21.5 Å². The molecule has 0 spiro atoms. The summed E-state index contributed by atoms with van der Waals surface area (Å²) in [6, 6.07) is 11.8. The van der Waals surface area contributed by atoms with Crippen LogP contribution < -0.4 is 16.4 Å². The molecule has 27 heavy (non-hydrogen) atoms. The highest BCUT2D eigenvalue weighted by atomic mass is 19.1. The summed E-state index contributed by atoms with van der Waals surface area (Å²) >= 11 is 0. The molecule has 0 saturated carbocycles. The van der Waals surface area contributed by atoms with Gasteiger partial charge in [0, 0.05) is 19.5 Å². The van der Waals surface area contributed by atoms with Crippen LogP contribution in [0.15, 0.2) is 48.5 Å². The smallest absolute Gasteiger partial charge is 0.240 e. The Morgan fingerprint density at radius 2 is 1.85 bits per heavy atom. The zero-order chi connectivity index (χ0) is 19.4. The van der Waals surface area contributed by atoms with E-state index in [4.69, 9.17) is 5.73 Å². The van der Waals surface area contributed by atoms with Gasteiger partial charge in [-0.25, -0.2) is 4.39 Å². The van der Waals surface area contributed by atoms with Crippen LogP contribution in [-0.4, -0.2) is 36.1 Å². The maximum atomic E-state index is 14.0. The third-order valence-electron chi connectivity index (χ3n) is 4.92. The summed E-state index contributed by atoms with van der Waals surface area (Å²) in [5.74, 6) is -1.22. The molecule has 3 rings (SSSR count). The van der Waals surface area contributed by atoms with Gasteiger partial charge in [0.15, 0.2) is 0 Å². The second-order valence-electron chi connectivity index (χ2n) is 6.95. The summed E-state index contributed by atoms with van der Waals surface area (Å²) in [6.07, 6.45) is 0.452. The van der Waals surface area contributed by atoms with E-state index in [2.05, 4.69) is 10.6 Å². The first-order valence-electron chi connectivity index (χ1n) is 8.72. The second kappa shape index (κ2) is 7.75. The van der Waals surface area contributed by atoms with E-state index >= 15 is 0 Å². The summed E-state index contributed by atoms with van der Waals surface area (Å²) in [6.45, 7) is 0.801. The Morgan fingerprint density at radius 3 is 2.41 bits per heavy atom. The first kappa shape index (κ1) is 18.8. The quantitative estimate of drug-likeness (QED) is 0.580. The molecular formula is C20H22FN3O3. The van der Waals surface area contributed by atoms with Crippen molar-refractivity contribution < 1.29 is 19.1 Å². The molecule has 0 radical (unpaired) electrons. The zero-order valence-electron chi connectivity index (χ0n) is 14.7. The third-order valence-corrected chi connectivity index (χ3v) is 4.92. The fourth-order valence-electron chi connectivity index (χ4n) is 3.20. The highest BCUT2D eigenvalue weighted by molar-refractivity contribution is 5.90. The van der Waals surface area contributed by atoms with Crippen molar-refractivity contribution in [3.8, 4) is 5.75 Å². The molecule has 1 aliphatic heterocycles. The SMILES string of the molecule is NC(=O)[C@H](Cc1ccc(O)cc1)NC(=O)C1(Cc2ccccc2F)CNC1. The molecule has 0 bridgehead atoms. The van der Waals surface area contributed by atoms with E-state index in [1.54, 1.807) is 30.3 Å². The molecule has 2 aromatic carbocycles. The van der Waals surface area contributed by atoms with E-state index in [-0.39, 0.29) is 30.3 Å². The van der Waals surface area contributed by atoms with Gasteiger partial charge in [-0.15, -0.1) is 0 Å². The van der Waals surface area contributed by atoms with Crippen LogP contribution in [0.25, 0.3) is 0 Å². The standard InChI is InChI=1S/C20H22FN3O3/c21-16-4-2-1-3-14(16)10-20(11-23-12-20)19(27)24-17(18(22)26)9-13-5-7-15(25)8-6-13/h1-8,17,23,25H,9-12H2,(H2,22,26)(H,24,27)/t17-/m0/s1. The number of carbonyl (C=O) groups excluding carboxylic acids is 2. The molecule has 0 aliphatic carbocycles. The van der Waals surface area contributed by atoms with Crippen molar-refractivity contribution in [2.75, 3.05) is 13.1 Å². The molecule has 1 atom stereocenters. The van der Waals surface area contributed by atoms with Crippen molar-refractivity contribution in [3.63, 3.8) is 0 Å². The van der Waals surface area contributed by atoms with Crippen molar-refractivity contribution >= 4 is 11.8 Å². The molecular weight excluding hydrogens is 349 g/mol. The highest BCUT2D eigenvalue weighted by Crippen LogP contribution is 2.29. The van der Waals surface area contributed by atoms with Crippen molar-refractivity contribution in [2.45, 2.75) is 18.9 Å². The van der Waals surface area contributed by atoms with Crippen LogP contribution in [0.3, 0.4) is 0 Å². The first-order valence-corrected chi connectivity index (χ1v) is 8.72. The summed E-state index contributed by atoms with van der Waals surface area (Å²) in [5.41, 5.74) is 5.87. The number of carbonyl (C=O) groups is 2. The number of phenolic OH excluding ortho intramolecular Hbond substituents is 1. The average molecular weight is 371 g/mol. The summed E-state index contributed by atoms with van der Waals surface area (Å²) in [4.78, 5) is 24.7. The minimum atomic E-state index is -0.889. The predicted molar refractivity (Wildman–Crippen MR) is 98.3 cm³/mol. The third kappa shape index (κ3) is 4.25. The monoisotopic (exact) mass is 371 g/mol. The number of aromatic hydroxyl groups is 1. The van der Waals surface area contributed by atoms with Gasteiger partial charge in [0.1, 0.15) is 17.6 Å². The normalized spacial score (nSPS) is 16.2. The Morgan fingerprint density at radius 1 is 1.19 bits per heavy atom. The Hall–Kier alpha value is -2.93. The average Bonchev–Trinajstić information content (AvgIpc) is 2.60. The molecule has 1 aliphatic rings. The molecule has 0 aromatic heterocycles. The molecule has 142 valence electrons. The van der Waals surface area contributed by atoms with E-state index in [9.17, 15) is 19.1 Å². The maximum Gasteiger partial charge on any atom is 0.240 e. The minimum Gasteiger partial charge on any atom is -0.508 e. The van der Waals surface area contributed by atoms with E-state index < -0.39 is 17.4 Å². The molecule has 0 unspecified atom stereocenters. The Bertz CT molecular complexity index is 835. The number of phenols is 1. The fraction of sp³-hybridized carbons (Fsp3) is 0.300. The number of nitrogens with two attached hydrogens (primary N) is 1. The molecule has 5 N–H and O–H groups in total. The van der Waals surface area contributed by atoms with Crippen LogP contribution in [0.5, 0.6) is 5.75 Å². The van der Waals surface area contributed by atoms with Crippen LogP contribution in [0.1, 0.15) is 11.1 Å². The van der Waals surface area contributed by atoms with Gasteiger partial charge in [-0.05, 0) is 35.7 Å². The van der Waals surface area contributed by atoms with E-state index in [1.165, 1.54) is 18.2 Å². The molecule has 7 heteroatoms. The van der Waals surface area contributed by atoms with Crippen molar-refractivity contribution in [3.05, 3.63) is 65.5 Å². The van der Waals surface area contributed by atoms with Crippen LogP contribution in [-0.2, 0) is 22.4 Å². The summed E-state index contributed by atoms with van der Waals surface area (Å²) in [7, 11) is 0. The lowest BCUT2D eigenvalue weighted by Gasteiger charge is -2.42. The van der Waals surface area contributed by atoms with Crippen LogP contribution in [0.2, 0.25) is 0 Å². The lowest BCUT2D eigenvalue weighted by Crippen LogP contribution is -2.64. The van der Waals surface area contributed by atoms with Crippen molar-refractivity contribution in [1.82, 2.24) is 10.6 Å². The first-order chi connectivity index (χ1) is 12.9. The Kier molecular flexibility index (Phi) is 5.41. The van der Waals surface area contributed by atoms with Gasteiger partial charge in [0.2, 0.25) is 11.8 Å². The van der Waals surface area contributed by atoms with Crippen LogP contribution >= 0.6 is 0 Å². The number of nitrogens with one attached hydrogen (secondary N) is 2. The molecule has 1 heterocycles. The van der Waals surface area contributed by atoms with E-state index in [1.807, 2.05) is 0 Å². The van der Waals surface area contributed by atoms with Gasteiger partial charge in [-0.1, -0.05) is 30.3 Å². The summed E-state index contributed by atoms with van der Waals surface area (Å²) in [5, 5.41) is 15.1. The largest absolute Gasteiger partial charge is 0.508 e. The lowest BCUT2D eigenvalue weighted by atomic mass is 9.75. The molecule has 1 fully saturated rings. The van der Waals surface area contributed by atoms with Crippen LogP contribution in [0, 0.1) is 11.2 Å². The van der Waals surface area contributed by atoms with E-state index in [0.717, 1.165) is 5.56 Å². The number of hydrogen-bond acceptors (Lipinski definition) is 4. The van der Waals surface area contributed by atoms with Gasteiger partial charge >= 0.3 is 0 Å². The lowest BCUT2D eigenvalue weighted by molar-refractivity contribution is -0.137. The number of benzene rings is 2. The zero-order valence-corrected chi connectivity index (χ0v) is 14.7. The number of rotatable bonds is 7. The van der Waals surface area contributed by atoms with E-state index in [0.29, 0.717) is 18.7 Å². The molecule has 2 amide bonds.